The minimum Gasteiger partial charge on any atom is -0.492 e. The molecule has 0 aliphatic heterocycles. The van der Waals surface area contributed by atoms with Crippen molar-refractivity contribution >= 4 is 0 Å². The van der Waals surface area contributed by atoms with Crippen LogP contribution in [-0.2, 0) is 5.41 Å². The first-order valence-corrected chi connectivity index (χ1v) is 10.1. The Morgan fingerprint density at radius 2 is 1.50 bits per heavy atom. The zero-order valence-corrected chi connectivity index (χ0v) is 16.6. The van der Waals surface area contributed by atoms with Crippen LogP contribution in [0.1, 0.15) is 57.1 Å². The quantitative estimate of drug-likeness (QED) is 0.638. The topological polar surface area (TPSA) is 12.5 Å². The lowest BCUT2D eigenvalue weighted by molar-refractivity contribution is 0.160. The second-order valence-electron chi connectivity index (χ2n) is 8.14. The maximum Gasteiger partial charge on any atom is 0.119 e. The molecule has 0 saturated heterocycles. The SMILES string of the molecule is CN(CCOc1ccc(C(C)(C)c2ccccc2)cc1)C1CCCCC1. The molecule has 1 aliphatic rings. The zero-order valence-electron chi connectivity index (χ0n) is 16.6. The van der Waals surface area contributed by atoms with Gasteiger partial charge in [-0.15, -0.1) is 0 Å². The lowest BCUT2D eigenvalue weighted by atomic mass is 9.78. The van der Waals surface area contributed by atoms with Crippen LogP contribution in [0.5, 0.6) is 5.75 Å². The summed E-state index contributed by atoms with van der Waals surface area (Å²) in [7, 11) is 2.24. The van der Waals surface area contributed by atoms with Gasteiger partial charge in [0, 0.05) is 18.0 Å². The highest BCUT2D eigenvalue weighted by molar-refractivity contribution is 5.39. The largest absolute Gasteiger partial charge is 0.492 e. The maximum absolute atomic E-state index is 6.00. The molecular formula is C24H33NO. The highest BCUT2D eigenvalue weighted by Gasteiger charge is 2.22. The van der Waals surface area contributed by atoms with Gasteiger partial charge in [-0.25, -0.2) is 0 Å². The lowest BCUT2D eigenvalue weighted by Crippen LogP contribution is -2.36. The van der Waals surface area contributed by atoms with E-state index in [9.17, 15) is 0 Å². The Hall–Kier alpha value is -1.80. The summed E-state index contributed by atoms with van der Waals surface area (Å²) in [6.07, 6.45) is 6.87. The van der Waals surface area contributed by atoms with Crippen molar-refractivity contribution in [3.63, 3.8) is 0 Å². The van der Waals surface area contributed by atoms with E-state index in [0.29, 0.717) is 0 Å². The average molecular weight is 352 g/mol. The van der Waals surface area contributed by atoms with Gasteiger partial charge in [-0.3, -0.25) is 0 Å². The second kappa shape index (κ2) is 8.73. The van der Waals surface area contributed by atoms with E-state index >= 15 is 0 Å². The summed E-state index contributed by atoms with van der Waals surface area (Å²) in [4.78, 5) is 2.48. The number of nitrogens with zero attached hydrogens (tertiary/aromatic N) is 1. The third-order valence-corrected chi connectivity index (χ3v) is 5.98. The number of benzene rings is 2. The van der Waals surface area contributed by atoms with Crippen molar-refractivity contribution in [1.29, 1.82) is 0 Å². The first-order chi connectivity index (χ1) is 12.6. The Labute approximate surface area is 159 Å². The summed E-state index contributed by atoms with van der Waals surface area (Å²) in [5.74, 6) is 0.967. The van der Waals surface area contributed by atoms with Crippen molar-refractivity contribution in [3.8, 4) is 5.75 Å². The molecule has 0 aromatic heterocycles. The Balaban J connectivity index is 1.53. The van der Waals surface area contributed by atoms with Gasteiger partial charge in [-0.05, 0) is 43.1 Å². The van der Waals surface area contributed by atoms with Gasteiger partial charge in [0.05, 0.1) is 0 Å². The van der Waals surface area contributed by atoms with Crippen LogP contribution in [0, 0.1) is 0 Å². The average Bonchev–Trinajstić information content (AvgIpc) is 2.69. The summed E-state index contributed by atoms with van der Waals surface area (Å²) in [5, 5.41) is 0. The highest BCUT2D eigenvalue weighted by atomic mass is 16.5. The summed E-state index contributed by atoms with van der Waals surface area (Å²) in [6, 6.07) is 20.1. The molecule has 2 aromatic rings. The summed E-state index contributed by atoms with van der Waals surface area (Å²) >= 11 is 0. The van der Waals surface area contributed by atoms with Crippen LogP contribution in [-0.4, -0.2) is 31.1 Å². The van der Waals surface area contributed by atoms with Crippen LogP contribution in [0.4, 0.5) is 0 Å². The Morgan fingerprint density at radius 3 is 2.15 bits per heavy atom. The first-order valence-electron chi connectivity index (χ1n) is 10.1. The molecular weight excluding hydrogens is 318 g/mol. The smallest absolute Gasteiger partial charge is 0.119 e. The third kappa shape index (κ3) is 4.67. The molecule has 1 aliphatic carbocycles. The number of rotatable bonds is 7. The van der Waals surface area contributed by atoms with Crippen LogP contribution < -0.4 is 4.74 Å². The van der Waals surface area contributed by atoms with Crippen LogP contribution in [0.2, 0.25) is 0 Å². The maximum atomic E-state index is 6.00. The predicted molar refractivity (Wildman–Crippen MR) is 110 cm³/mol. The van der Waals surface area contributed by atoms with E-state index in [1.807, 2.05) is 0 Å². The van der Waals surface area contributed by atoms with E-state index in [1.165, 1.54) is 43.2 Å². The highest BCUT2D eigenvalue weighted by Crippen LogP contribution is 2.32. The lowest BCUT2D eigenvalue weighted by Gasteiger charge is -2.31. The predicted octanol–water partition coefficient (Wildman–Crippen LogP) is 5.66. The molecule has 2 aromatic carbocycles. The van der Waals surface area contributed by atoms with Crippen molar-refractivity contribution in [1.82, 2.24) is 4.90 Å². The number of ether oxygens (including phenoxy) is 1. The van der Waals surface area contributed by atoms with Gasteiger partial charge < -0.3 is 9.64 Å². The van der Waals surface area contributed by atoms with Crippen molar-refractivity contribution < 1.29 is 4.74 Å². The molecule has 0 radical (unpaired) electrons. The second-order valence-corrected chi connectivity index (χ2v) is 8.14. The monoisotopic (exact) mass is 351 g/mol. The van der Waals surface area contributed by atoms with Crippen LogP contribution in [0.3, 0.4) is 0 Å². The van der Waals surface area contributed by atoms with Gasteiger partial charge in [0.15, 0.2) is 0 Å². The van der Waals surface area contributed by atoms with E-state index in [-0.39, 0.29) is 5.41 Å². The Bertz CT molecular complexity index is 656. The number of hydrogen-bond donors (Lipinski definition) is 0. The Morgan fingerprint density at radius 1 is 0.885 bits per heavy atom. The molecule has 26 heavy (non-hydrogen) atoms. The first kappa shape index (κ1) is 19.0. The molecule has 140 valence electrons. The van der Waals surface area contributed by atoms with Crippen LogP contribution in [0.15, 0.2) is 54.6 Å². The fourth-order valence-corrected chi connectivity index (χ4v) is 4.00. The summed E-state index contributed by atoms with van der Waals surface area (Å²) in [6.45, 7) is 6.31. The molecule has 3 rings (SSSR count). The summed E-state index contributed by atoms with van der Waals surface area (Å²) < 4.78 is 6.00. The summed E-state index contributed by atoms with van der Waals surface area (Å²) in [5.41, 5.74) is 2.65. The van der Waals surface area contributed by atoms with E-state index in [0.717, 1.165) is 24.9 Å². The zero-order chi connectivity index (χ0) is 18.4. The molecule has 0 heterocycles. The van der Waals surface area contributed by atoms with Crippen molar-refractivity contribution in [3.05, 3.63) is 65.7 Å². The van der Waals surface area contributed by atoms with Crippen molar-refractivity contribution in [2.75, 3.05) is 20.2 Å². The molecule has 0 amide bonds. The van der Waals surface area contributed by atoms with E-state index < -0.39 is 0 Å². The minimum absolute atomic E-state index is 0.000982. The molecule has 1 fully saturated rings. The molecule has 0 unspecified atom stereocenters. The van der Waals surface area contributed by atoms with Crippen LogP contribution in [0.25, 0.3) is 0 Å². The Kier molecular flexibility index (Phi) is 6.37. The molecule has 2 nitrogen and oxygen atoms in total. The van der Waals surface area contributed by atoms with Gasteiger partial charge in [-0.1, -0.05) is 75.6 Å². The molecule has 2 heteroatoms. The van der Waals surface area contributed by atoms with Crippen molar-refractivity contribution in [2.24, 2.45) is 0 Å². The normalized spacial score (nSPS) is 16.0. The minimum atomic E-state index is 0.000982. The standard InChI is InChI=1S/C24H33NO/c1-24(2,20-10-6-4-7-11-20)21-14-16-23(17-15-21)26-19-18-25(3)22-12-8-5-9-13-22/h4,6-7,10-11,14-17,22H,5,8-9,12-13,18-19H2,1-3H3. The van der Waals surface area contributed by atoms with E-state index in [2.05, 4.69) is 80.4 Å². The molecule has 0 bridgehead atoms. The third-order valence-electron chi connectivity index (χ3n) is 5.98. The fraction of sp³-hybridized carbons (Fsp3) is 0.500. The van der Waals surface area contributed by atoms with Crippen LogP contribution >= 0.6 is 0 Å². The molecule has 1 saturated carbocycles. The van der Waals surface area contributed by atoms with E-state index in [4.69, 9.17) is 4.74 Å². The van der Waals surface area contributed by atoms with Gasteiger partial charge in [0.1, 0.15) is 12.4 Å². The molecule has 0 N–H and O–H groups in total. The van der Waals surface area contributed by atoms with Gasteiger partial charge >= 0.3 is 0 Å². The molecule has 0 atom stereocenters. The van der Waals surface area contributed by atoms with Crippen molar-refractivity contribution in [2.45, 2.75) is 57.4 Å². The van der Waals surface area contributed by atoms with E-state index in [1.54, 1.807) is 0 Å². The van der Waals surface area contributed by atoms with Gasteiger partial charge in [-0.2, -0.15) is 0 Å². The molecule has 0 spiro atoms. The number of likely N-dealkylation sites (N-methyl/N-ethyl adjacent to an activating group) is 1. The van der Waals surface area contributed by atoms with Gasteiger partial charge in [0.25, 0.3) is 0 Å². The number of hydrogen-bond acceptors (Lipinski definition) is 2. The van der Waals surface area contributed by atoms with Gasteiger partial charge in [0.2, 0.25) is 0 Å². The fourth-order valence-electron chi connectivity index (χ4n) is 4.00.